The maximum Gasteiger partial charge on any atom is 0.329 e. The Balaban J connectivity index is 1.44. The van der Waals surface area contributed by atoms with E-state index in [9.17, 15) is 29.4 Å². The molecule has 3 aliphatic heterocycles. The van der Waals surface area contributed by atoms with E-state index < -0.39 is 65.9 Å². The Morgan fingerprint density at radius 2 is 1.62 bits per heavy atom. The lowest BCUT2D eigenvalue weighted by molar-refractivity contribution is -0.265. The number of cyclic esters (lactones) is 1. The number of carbonyl (C=O) groups is 4. The van der Waals surface area contributed by atoms with Crippen molar-refractivity contribution in [1.82, 2.24) is 25.1 Å². The maximum absolute atomic E-state index is 14.5. The number of aliphatic hydroxyl groups excluding tert-OH is 1. The molecule has 5 rings (SSSR count). The SMILES string of the molecule is COC1C[C@@H]2CC[C@@H](C)[C@@](O)(O2)C(=O)C(=O)N2CCCC[C@H]2C(=O)O[C@H]([C@H](C)C[C@@H]2CC[C@H](n3cnnn3)[C@H](OC)C2)CC[C@H](C)/C=C(\C)[C@@H](O)[C@@H](OC)C(=O)[C@H](C)C[C@H](C)/C=C/C=CC=C1C. The minimum Gasteiger partial charge on any atom is -0.461 e. The van der Waals surface area contributed by atoms with Crippen LogP contribution in [0.4, 0.5) is 0 Å². The van der Waals surface area contributed by atoms with E-state index in [0.29, 0.717) is 63.4 Å². The van der Waals surface area contributed by atoms with Gasteiger partial charge >= 0.3 is 5.97 Å². The Labute approximate surface area is 404 Å². The number of amides is 1. The van der Waals surface area contributed by atoms with Crippen LogP contribution in [0.15, 0.2) is 53.9 Å². The fourth-order valence-electron chi connectivity index (χ4n) is 10.9. The molecule has 16 heteroatoms. The van der Waals surface area contributed by atoms with Crippen molar-refractivity contribution in [1.29, 1.82) is 0 Å². The zero-order valence-electron chi connectivity index (χ0n) is 42.3. The molecule has 2 saturated heterocycles. The van der Waals surface area contributed by atoms with Crippen molar-refractivity contribution >= 4 is 23.4 Å². The summed E-state index contributed by atoms with van der Waals surface area (Å²) in [5.41, 5.74) is 1.52. The quantitative estimate of drug-likeness (QED) is 0.163. The van der Waals surface area contributed by atoms with Crippen molar-refractivity contribution in [2.75, 3.05) is 27.9 Å². The molecule has 1 aromatic rings. The van der Waals surface area contributed by atoms with Gasteiger partial charge in [-0.2, -0.15) is 0 Å². The van der Waals surface area contributed by atoms with E-state index in [1.807, 2.05) is 64.2 Å². The number of carbonyl (C=O) groups excluding carboxylic acids is 4. The molecule has 4 aliphatic rings. The number of aliphatic hydroxyl groups is 2. The Kier molecular flexibility index (Phi) is 20.9. The Hall–Kier alpha value is -3.93. The molecule has 380 valence electrons. The van der Waals surface area contributed by atoms with Crippen molar-refractivity contribution in [3.63, 3.8) is 0 Å². The Morgan fingerprint density at radius 3 is 2.31 bits per heavy atom. The highest BCUT2D eigenvalue weighted by Crippen LogP contribution is 2.39. The van der Waals surface area contributed by atoms with E-state index >= 15 is 0 Å². The first-order valence-electron chi connectivity index (χ1n) is 25.1. The summed E-state index contributed by atoms with van der Waals surface area (Å²) < 4.78 is 31.9. The van der Waals surface area contributed by atoms with E-state index in [1.54, 1.807) is 39.1 Å². The fourth-order valence-corrected chi connectivity index (χ4v) is 10.9. The van der Waals surface area contributed by atoms with Gasteiger partial charge in [-0.05, 0) is 136 Å². The third kappa shape index (κ3) is 14.1. The predicted octanol–water partition coefficient (Wildman–Crippen LogP) is 6.87. The molecule has 0 aromatic carbocycles. The van der Waals surface area contributed by atoms with Gasteiger partial charge in [-0.3, -0.25) is 14.4 Å². The number of ketones is 2. The van der Waals surface area contributed by atoms with Crippen molar-refractivity contribution in [3.8, 4) is 0 Å². The summed E-state index contributed by atoms with van der Waals surface area (Å²) in [5, 5.41) is 35.3. The van der Waals surface area contributed by atoms with Crippen molar-refractivity contribution in [3.05, 3.63) is 53.9 Å². The Bertz CT molecular complexity index is 1940. The zero-order chi connectivity index (χ0) is 49.7. The van der Waals surface area contributed by atoms with Gasteiger partial charge in [0.2, 0.25) is 5.79 Å². The lowest BCUT2D eigenvalue weighted by atomic mass is 9.77. The lowest BCUT2D eigenvalue weighted by Gasteiger charge is -2.42. The second kappa shape index (κ2) is 25.8. The van der Waals surface area contributed by atoms with Crippen LogP contribution >= 0.6 is 0 Å². The van der Waals surface area contributed by atoms with Crippen LogP contribution in [0.5, 0.6) is 0 Å². The number of aromatic nitrogens is 4. The van der Waals surface area contributed by atoms with Gasteiger partial charge in [-0.1, -0.05) is 71.1 Å². The minimum absolute atomic E-state index is 0.00699. The van der Waals surface area contributed by atoms with Crippen LogP contribution in [0.2, 0.25) is 0 Å². The molecule has 1 amide bonds. The Morgan fingerprint density at radius 1 is 0.853 bits per heavy atom. The molecule has 1 aromatic heterocycles. The number of nitrogens with zero attached hydrogens (tertiary/aromatic N) is 5. The fraction of sp³-hybridized carbons (Fsp3) is 0.750. The number of hydrogen-bond acceptors (Lipinski definition) is 14. The number of tetrazole rings is 1. The van der Waals surface area contributed by atoms with E-state index in [2.05, 4.69) is 22.4 Å². The molecule has 0 spiro atoms. The molecular formula is C52H81N5O11. The van der Waals surface area contributed by atoms with E-state index in [4.69, 9.17) is 23.7 Å². The van der Waals surface area contributed by atoms with Crippen LogP contribution in [0.3, 0.4) is 0 Å². The summed E-state index contributed by atoms with van der Waals surface area (Å²) in [4.78, 5) is 58.1. The number of rotatable bonds is 7. The van der Waals surface area contributed by atoms with Crippen molar-refractivity contribution < 1.29 is 53.1 Å². The molecule has 15 atom stereocenters. The van der Waals surface area contributed by atoms with Crippen LogP contribution in [0.1, 0.15) is 138 Å². The number of piperidine rings is 1. The summed E-state index contributed by atoms with van der Waals surface area (Å²) in [6, 6.07) is -1.02. The zero-order valence-corrected chi connectivity index (χ0v) is 42.3. The maximum atomic E-state index is 14.5. The van der Waals surface area contributed by atoms with Gasteiger partial charge in [0.1, 0.15) is 30.7 Å². The van der Waals surface area contributed by atoms with E-state index in [-0.39, 0.29) is 54.1 Å². The van der Waals surface area contributed by atoms with Crippen LogP contribution < -0.4 is 0 Å². The monoisotopic (exact) mass is 952 g/mol. The molecular weight excluding hydrogens is 871 g/mol. The molecule has 0 radical (unpaired) electrons. The molecule has 16 nitrogen and oxygen atoms in total. The van der Waals surface area contributed by atoms with Crippen LogP contribution in [0, 0.1) is 35.5 Å². The minimum atomic E-state index is -2.38. The number of esters is 1. The van der Waals surface area contributed by atoms with Crippen molar-refractivity contribution in [2.45, 2.75) is 186 Å². The number of Topliss-reactive ketones (excluding diaryl/α,β-unsaturated/α-hetero) is 2. The van der Waals surface area contributed by atoms with Gasteiger partial charge in [0.05, 0.1) is 24.4 Å². The van der Waals surface area contributed by atoms with Crippen LogP contribution in [-0.4, -0.2) is 135 Å². The van der Waals surface area contributed by atoms with Gasteiger partial charge in [0.15, 0.2) is 5.78 Å². The topological polar surface area (TPSA) is 202 Å². The summed E-state index contributed by atoms with van der Waals surface area (Å²) in [6.07, 6.45) is 17.2. The van der Waals surface area contributed by atoms with Crippen LogP contribution in [-0.2, 0) is 42.9 Å². The number of methoxy groups -OCH3 is 3. The van der Waals surface area contributed by atoms with Gasteiger partial charge in [0, 0.05) is 46.1 Å². The molecule has 2 N–H and O–H groups in total. The third-order valence-electron chi connectivity index (χ3n) is 15.2. The van der Waals surface area contributed by atoms with Crippen LogP contribution in [0.25, 0.3) is 0 Å². The second-order valence-corrected chi connectivity index (χ2v) is 20.5. The van der Waals surface area contributed by atoms with Gasteiger partial charge in [-0.15, -0.1) is 5.10 Å². The van der Waals surface area contributed by atoms with E-state index in [0.717, 1.165) is 31.3 Å². The highest BCUT2D eigenvalue weighted by Gasteiger charge is 2.53. The second-order valence-electron chi connectivity index (χ2n) is 20.5. The normalized spacial score (nSPS) is 37.9. The first-order valence-corrected chi connectivity index (χ1v) is 25.1. The summed E-state index contributed by atoms with van der Waals surface area (Å²) >= 11 is 0. The molecule has 1 saturated carbocycles. The average molecular weight is 952 g/mol. The molecule has 1 aliphatic carbocycles. The first-order chi connectivity index (χ1) is 32.4. The first kappa shape index (κ1) is 55.0. The molecule has 4 heterocycles. The largest absolute Gasteiger partial charge is 0.461 e. The summed E-state index contributed by atoms with van der Waals surface area (Å²) in [6.45, 7) is 13.6. The molecule has 3 fully saturated rings. The number of allylic oxidation sites excluding steroid dienone is 6. The summed E-state index contributed by atoms with van der Waals surface area (Å²) in [7, 11) is 4.75. The predicted molar refractivity (Wildman–Crippen MR) is 256 cm³/mol. The number of ether oxygens (including phenoxy) is 5. The smallest absolute Gasteiger partial charge is 0.329 e. The standard InChI is InChI=1S/C52H81N5O11/c1-32-16-12-11-13-17-34(3)44(64-8)30-40-22-20-38(7)52(63,68-40)49(60)50(61)56-25-15-14-18-42(56)51(62)67-43(24-19-33(2)27-37(6)47(59)48(66-10)46(58)36(5)26-32)35(4)28-39-21-23-41(45(29-39)65-9)57-31-53-54-55-57/h11-13,16-17,27,31-33,35-36,38-45,47-48,59,63H,14-15,18-26,28-30H2,1-10H3/b13-11?,16-12+,34-17?,37-27+/t32-,33+,35-,36-,38-,39+,40+,41+,42+,43+,44?,45-,47-,48+,52-/m1/s1. The van der Waals surface area contributed by atoms with Gasteiger partial charge in [0.25, 0.3) is 11.7 Å². The van der Waals surface area contributed by atoms with Gasteiger partial charge in [-0.25, -0.2) is 9.48 Å². The average Bonchev–Trinajstić information content (AvgIpc) is 3.87. The van der Waals surface area contributed by atoms with Crippen molar-refractivity contribution in [2.24, 2.45) is 35.5 Å². The molecule has 2 bridgehead atoms. The molecule has 1 unspecified atom stereocenters. The number of fused-ring (bicyclic) bond motifs is 3. The lowest BCUT2D eigenvalue weighted by Crippen LogP contribution is -2.61. The van der Waals surface area contributed by atoms with Gasteiger partial charge < -0.3 is 38.8 Å². The van der Waals surface area contributed by atoms with E-state index in [1.165, 1.54) is 12.0 Å². The molecule has 68 heavy (non-hydrogen) atoms. The highest BCUT2D eigenvalue weighted by molar-refractivity contribution is 6.39. The number of hydrogen-bond donors (Lipinski definition) is 2. The summed E-state index contributed by atoms with van der Waals surface area (Å²) in [5.74, 6) is -6.05. The highest BCUT2D eigenvalue weighted by atomic mass is 16.6. The third-order valence-corrected chi connectivity index (χ3v) is 15.2.